The zero-order valence-corrected chi connectivity index (χ0v) is 18.2. The molecule has 0 saturated heterocycles. The highest BCUT2D eigenvalue weighted by atomic mass is 32.2. The van der Waals surface area contributed by atoms with Gasteiger partial charge in [-0.05, 0) is 55.3 Å². The molecule has 158 valence electrons. The minimum atomic E-state index is -0.254. The van der Waals surface area contributed by atoms with Crippen molar-refractivity contribution in [3.05, 3.63) is 89.5 Å². The number of rotatable bonds is 7. The van der Waals surface area contributed by atoms with E-state index >= 15 is 0 Å². The fourth-order valence-electron chi connectivity index (χ4n) is 3.27. The Morgan fingerprint density at radius 2 is 1.94 bits per heavy atom. The van der Waals surface area contributed by atoms with Crippen LogP contribution in [0.5, 0.6) is 0 Å². The SMILES string of the molecule is CC(C)NC(=O)c1ccc(CSc2nc3ccncc3n2Cc2cccc(F)c2)cc1. The lowest BCUT2D eigenvalue weighted by Gasteiger charge is -2.10. The number of fused-ring (bicyclic) bond motifs is 1. The number of imidazole rings is 1. The van der Waals surface area contributed by atoms with Gasteiger partial charge in [-0.1, -0.05) is 36.0 Å². The summed E-state index contributed by atoms with van der Waals surface area (Å²) in [4.78, 5) is 21.1. The van der Waals surface area contributed by atoms with Crippen LogP contribution in [0.2, 0.25) is 0 Å². The molecule has 1 amide bonds. The minimum absolute atomic E-state index is 0.0708. The van der Waals surface area contributed by atoms with Gasteiger partial charge < -0.3 is 9.88 Å². The smallest absolute Gasteiger partial charge is 0.251 e. The van der Waals surface area contributed by atoms with Crippen molar-refractivity contribution in [1.29, 1.82) is 0 Å². The van der Waals surface area contributed by atoms with Gasteiger partial charge in [-0.2, -0.15) is 0 Å². The highest BCUT2D eigenvalue weighted by Crippen LogP contribution is 2.27. The fourth-order valence-corrected chi connectivity index (χ4v) is 4.24. The molecule has 4 aromatic rings. The van der Waals surface area contributed by atoms with E-state index in [4.69, 9.17) is 4.98 Å². The maximum atomic E-state index is 13.7. The van der Waals surface area contributed by atoms with Crippen LogP contribution in [0.4, 0.5) is 4.39 Å². The molecule has 31 heavy (non-hydrogen) atoms. The number of pyridine rings is 1. The minimum Gasteiger partial charge on any atom is -0.350 e. The Bertz CT molecular complexity index is 1200. The van der Waals surface area contributed by atoms with Crippen molar-refractivity contribution in [1.82, 2.24) is 19.9 Å². The van der Waals surface area contributed by atoms with Gasteiger partial charge in [0, 0.05) is 23.6 Å². The van der Waals surface area contributed by atoms with Gasteiger partial charge in [0.2, 0.25) is 0 Å². The van der Waals surface area contributed by atoms with E-state index in [1.165, 1.54) is 12.1 Å². The lowest BCUT2D eigenvalue weighted by molar-refractivity contribution is 0.0943. The number of carbonyl (C=O) groups is 1. The van der Waals surface area contributed by atoms with Crippen LogP contribution in [0.1, 0.15) is 35.3 Å². The molecule has 7 heteroatoms. The highest BCUT2D eigenvalue weighted by molar-refractivity contribution is 7.98. The van der Waals surface area contributed by atoms with E-state index in [2.05, 4.69) is 14.9 Å². The first-order valence-electron chi connectivity index (χ1n) is 10.1. The Morgan fingerprint density at radius 3 is 2.68 bits per heavy atom. The summed E-state index contributed by atoms with van der Waals surface area (Å²) >= 11 is 1.60. The van der Waals surface area contributed by atoms with E-state index < -0.39 is 0 Å². The molecule has 2 heterocycles. The second kappa shape index (κ2) is 9.31. The molecule has 0 aliphatic rings. The summed E-state index contributed by atoms with van der Waals surface area (Å²) in [5.41, 5.74) is 4.37. The molecule has 0 aliphatic heterocycles. The summed E-state index contributed by atoms with van der Waals surface area (Å²) in [6.07, 6.45) is 3.51. The van der Waals surface area contributed by atoms with Crippen LogP contribution in [0, 0.1) is 5.82 Å². The number of thioether (sulfide) groups is 1. The van der Waals surface area contributed by atoms with Gasteiger partial charge in [-0.25, -0.2) is 9.37 Å². The van der Waals surface area contributed by atoms with Crippen LogP contribution in [-0.4, -0.2) is 26.5 Å². The van der Waals surface area contributed by atoms with Crippen LogP contribution in [0.25, 0.3) is 11.0 Å². The fraction of sp³-hybridized carbons (Fsp3) is 0.208. The summed E-state index contributed by atoms with van der Waals surface area (Å²) in [6, 6.07) is 16.2. The van der Waals surface area contributed by atoms with Gasteiger partial charge in [0.1, 0.15) is 5.82 Å². The van der Waals surface area contributed by atoms with Crippen LogP contribution >= 0.6 is 11.8 Å². The number of carbonyl (C=O) groups excluding carboxylic acids is 1. The van der Waals surface area contributed by atoms with Crippen molar-refractivity contribution in [2.45, 2.75) is 37.3 Å². The third-order valence-electron chi connectivity index (χ3n) is 4.75. The van der Waals surface area contributed by atoms with E-state index in [1.54, 1.807) is 30.2 Å². The molecule has 0 saturated carbocycles. The number of hydrogen-bond acceptors (Lipinski definition) is 4. The van der Waals surface area contributed by atoms with Crippen LogP contribution in [0.15, 0.2) is 72.1 Å². The molecule has 2 aromatic heterocycles. The van der Waals surface area contributed by atoms with Crippen LogP contribution in [0.3, 0.4) is 0 Å². The van der Waals surface area contributed by atoms with Crippen LogP contribution in [-0.2, 0) is 12.3 Å². The van der Waals surface area contributed by atoms with E-state index in [1.807, 2.05) is 50.2 Å². The number of benzene rings is 2. The van der Waals surface area contributed by atoms with Gasteiger partial charge in [0.25, 0.3) is 5.91 Å². The van der Waals surface area contributed by atoms with Crippen molar-refractivity contribution >= 4 is 28.7 Å². The first kappa shape index (κ1) is 21.1. The summed E-state index contributed by atoms with van der Waals surface area (Å²) in [7, 11) is 0. The molecule has 0 atom stereocenters. The molecule has 0 radical (unpaired) electrons. The lowest BCUT2D eigenvalue weighted by Crippen LogP contribution is -2.29. The Balaban J connectivity index is 1.54. The zero-order chi connectivity index (χ0) is 21.8. The molecule has 1 N–H and O–H groups in total. The second-order valence-corrected chi connectivity index (χ2v) is 8.53. The normalized spacial score (nSPS) is 11.2. The standard InChI is InChI=1S/C24H23FN4OS/c1-16(2)27-23(30)19-8-6-17(7-9-19)15-31-24-28-21-10-11-26-13-22(21)29(24)14-18-4-3-5-20(25)12-18/h3-13,16H,14-15H2,1-2H3,(H,27,30). The number of nitrogens with zero attached hydrogens (tertiary/aromatic N) is 3. The maximum Gasteiger partial charge on any atom is 0.251 e. The first-order chi connectivity index (χ1) is 15.0. The Hall–Kier alpha value is -3.19. The quantitative estimate of drug-likeness (QED) is 0.414. The molecule has 2 aromatic carbocycles. The highest BCUT2D eigenvalue weighted by Gasteiger charge is 2.13. The number of halogens is 1. The zero-order valence-electron chi connectivity index (χ0n) is 17.4. The maximum absolute atomic E-state index is 13.7. The molecule has 0 bridgehead atoms. The predicted molar refractivity (Wildman–Crippen MR) is 122 cm³/mol. The molecule has 4 rings (SSSR count). The third-order valence-corrected chi connectivity index (χ3v) is 5.80. The number of amides is 1. The summed E-state index contributed by atoms with van der Waals surface area (Å²) in [5.74, 6) is 0.376. The Kier molecular flexibility index (Phi) is 6.32. The van der Waals surface area contributed by atoms with Crippen LogP contribution < -0.4 is 5.32 Å². The average molecular weight is 435 g/mol. The molecule has 0 unspecified atom stereocenters. The molecular weight excluding hydrogens is 411 g/mol. The van der Waals surface area contributed by atoms with Crippen molar-refractivity contribution in [3.63, 3.8) is 0 Å². The number of nitrogens with one attached hydrogen (secondary N) is 1. The monoisotopic (exact) mass is 434 g/mol. The van der Waals surface area contributed by atoms with Gasteiger partial charge in [0.05, 0.1) is 23.8 Å². The van der Waals surface area contributed by atoms with Crippen molar-refractivity contribution < 1.29 is 9.18 Å². The Morgan fingerprint density at radius 1 is 1.13 bits per heavy atom. The van der Waals surface area contributed by atoms with Crippen molar-refractivity contribution in [3.8, 4) is 0 Å². The van der Waals surface area contributed by atoms with E-state index in [0.717, 1.165) is 27.3 Å². The van der Waals surface area contributed by atoms with Crippen molar-refractivity contribution in [2.75, 3.05) is 0 Å². The number of aromatic nitrogens is 3. The predicted octanol–water partition coefficient (Wildman–Crippen LogP) is 5.05. The first-order valence-corrected chi connectivity index (χ1v) is 11.1. The summed E-state index contributed by atoms with van der Waals surface area (Å²) < 4.78 is 15.7. The molecule has 0 spiro atoms. The molecule has 5 nitrogen and oxygen atoms in total. The third kappa shape index (κ3) is 5.11. The van der Waals surface area contributed by atoms with Gasteiger partial charge in [0.15, 0.2) is 5.16 Å². The largest absolute Gasteiger partial charge is 0.350 e. The number of hydrogen-bond donors (Lipinski definition) is 1. The second-order valence-electron chi connectivity index (χ2n) is 7.59. The summed E-state index contributed by atoms with van der Waals surface area (Å²) in [5, 5.41) is 3.74. The summed E-state index contributed by atoms with van der Waals surface area (Å²) in [6.45, 7) is 4.39. The average Bonchev–Trinajstić information content (AvgIpc) is 3.09. The van der Waals surface area contributed by atoms with E-state index in [-0.39, 0.29) is 17.8 Å². The van der Waals surface area contributed by atoms with Crippen molar-refractivity contribution in [2.24, 2.45) is 0 Å². The molecule has 0 fully saturated rings. The molecule has 0 aliphatic carbocycles. The van der Waals surface area contributed by atoms with Gasteiger partial charge >= 0.3 is 0 Å². The molecular formula is C24H23FN4OS. The lowest BCUT2D eigenvalue weighted by atomic mass is 10.1. The topological polar surface area (TPSA) is 59.8 Å². The van der Waals surface area contributed by atoms with Gasteiger partial charge in [-0.3, -0.25) is 9.78 Å². The van der Waals surface area contributed by atoms with Gasteiger partial charge in [-0.15, -0.1) is 0 Å². The Labute approximate surface area is 184 Å². The van der Waals surface area contributed by atoms with E-state index in [0.29, 0.717) is 17.9 Å². The van der Waals surface area contributed by atoms with E-state index in [9.17, 15) is 9.18 Å².